The largest absolute Gasteiger partial charge is 0.298 e. The molecular weight excluding hydrogens is 468 g/mol. The summed E-state index contributed by atoms with van der Waals surface area (Å²) in [6, 6.07) is 17.1. The topological polar surface area (TPSA) is 49.4 Å². The molecule has 1 N–H and O–H groups in total. The highest BCUT2D eigenvalue weighted by Crippen LogP contribution is 2.35. The molecule has 0 bridgehead atoms. The third-order valence-corrected chi connectivity index (χ3v) is 7.55. The summed E-state index contributed by atoms with van der Waals surface area (Å²) in [5.74, 6) is -0.917. The second kappa shape index (κ2) is 8.96. The van der Waals surface area contributed by atoms with E-state index in [1.807, 2.05) is 68.4 Å². The predicted molar refractivity (Wildman–Crippen MR) is 132 cm³/mol. The van der Waals surface area contributed by atoms with Gasteiger partial charge in [0.05, 0.1) is 9.90 Å². The smallest absolute Gasteiger partial charge is 0.270 e. The standard InChI is InChI=1S/C23H17ClN2O2S3/c1-13-4-3-5-19(14(13)2)26-22(28)18(21(27)25-23(26)29)12-17-10-11-20(31-17)30-16-8-6-15(24)7-9-16/h3-12H,1-2H3,(H,25,27,29)/b18-12+. The molecule has 1 fully saturated rings. The lowest BCUT2D eigenvalue weighted by molar-refractivity contribution is -0.122. The molecule has 2 heterocycles. The number of anilines is 1. The van der Waals surface area contributed by atoms with Gasteiger partial charge in [0.1, 0.15) is 5.57 Å². The van der Waals surface area contributed by atoms with Crippen LogP contribution in [0, 0.1) is 13.8 Å². The van der Waals surface area contributed by atoms with Crippen molar-refractivity contribution in [3.63, 3.8) is 0 Å². The van der Waals surface area contributed by atoms with Crippen molar-refractivity contribution in [3.8, 4) is 0 Å². The lowest BCUT2D eigenvalue weighted by Gasteiger charge is -2.30. The lowest BCUT2D eigenvalue weighted by Crippen LogP contribution is -2.54. The molecule has 0 radical (unpaired) electrons. The zero-order chi connectivity index (χ0) is 22.1. The van der Waals surface area contributed by atoms with Crippen LogP contribution < -0.4 is 10.2 Å². The van der Waals surface area contributed by atoms with E-state index in [0.29, 0.717) is 10.7 Å². The number of rotatable bonds is 4. The molecule has 0 spiro atoms. The lowest BCUT2D eigenvalue weighted by atomic mass is 10.1. The van der Waals surface area contributed by atoms with Crippen LogP contribution in [0.1, 0.15) is 16.0 Å². The minimum atomic E-state index is -0.489. The summed E-state index contributed by atoms with van der Waals surface area (Å²) in [5, 5.41) is 3.42. The Bertz CT molecular complexity index is 1230. The molecule has 1 aromatic heterocycles. The van der Waals surface area contributed by atoms with Crippen LogP contribution >= 0.6 is 46.9 Å². The molecule has 2 amide bonds. The van der Waals surface area contributed by atoms with Crippen molar-refractivity contribution in [2.24, 2.45) is 0 Å². The Labute approximate surface area is 198 Å². The van der Waals surface area contributed by atoms with Gasteiger partial charge < -0.3 is 0 Å². The van der Waals surface area contributed by atoms with Gasteiger partial charge >= 0.3 is 0 Å². The molecule has 8 heteroatoms. The van der Waals surface area contributed by atoms with E-state index < -0.39 is 11.8 Å². The van der Waals surface area contributed by atoms with Crippen molar-refractivity contribution in [2.45, 2.75) is 23.0 Å². The van der Waals surface area contributed by atoms with Crippen LogP contribution in [0.5, 0.6) is 0 Å². The molecule has 31 heavy (non-hydrogen) atoms. The predicted octanol–water partition coefficient (Wildman–Crippen LogP) is 6.00. The normalized spacial score (nSPS) is 15.5. The first kappa shape index (κ1) is 21.8. The van der Waals surface area contributed by atoms with Crippen LogP contribution in [0.3, 0.4) is 0 Å². The third-order valence-electron chi connectivity index (χ3n) is 4.84. The first-order valence-electron chi connectivity index (χ1n) is 9.34. The van der Waals surface area contributed by atoms with E-state index in [4.69, 9.17) is 23.8 Å². The van der Waals surface area contributed by atoms with E-state index in [1.165, 1.54) is 16.2 Å². The van der Waals surface area contributed by atoms with Gasteiger partial charge in [0.15, 0.2) is 5.11 Å². The van der Waals surface area contributed by atoms with E-state index >= 15 is 0 Å². The summed E-state index contributed by atoms with van der Waals surface area (Å²) >= 11 is 14.3. The van der Waals surface area contributed by atoms with E-state index in [-0.39, 0.29) is 10.7 Å². The van der Waals surface area contributed by atoms with Crippen LogP contribution in [-0.2, 0) is 9.59 Å². The summed E-state index contributed by atoms with van der Waals surface area (Å²) < 4.78 is 1.04. The molecule has 1 aliphatic heterocycles. The Balaban J connectivity index is 1.62. The fourth-order valence-electron chi connectivity index (χ4n) is 3.08. The summed E-state index contributed by atoms with van der Waals surface area (Å²) in [6.07, 6.45) is 1.62. The minimum Gasteiger partial charge on any atom is -0.298 e. The minimum absolute atomic E-state index is 0.0550. The maximum absolute atomic E-state index is 13.2. The van der Waals surface area contributed by atoms with Crippen LogP contribution in [0.15, 0.2) is 69.3 Å². The first-order chi connectivity index (χ1) is 14.8. The number of thiophene rings is 1. The van der Waals surface area contributed by atoms with Crippen molar-refractivity contribution < 1.29 is 9.59 Å². The average Bonchev–Trinajstić information content (AvgIpc) is 3.17. The third kappa shape index (κ3) is 4.60. The van der Waals surface area contributed by atoms with Crippen molar-refractivity contribution in [2.75, 3.05) is 4.90 Å². The number of hydrogen-bond acceptors (Lipinski definition) is 5. The summed E-state index contributed by atoms with van der Waals surface area (Å²) in [7, 11) is 0. The molecule has 2 aromatic carbocycles. The highest BCUT2D eigenvalue weighted by atomic mass is 35.5. The van der Waals surface area contributed by atoms with Crippen LogP contribution in [0.2, 0.25) is 5.02 Å². The molecule has 1 saturated heterocycles. The van der Waals surface area contributed by atoms with Gasteiger partial charge in [-0.25, -0.2) is 0 Å². The molecular formula is C23H17ClN2O2S3. The number of nitrogens with one attached hydrogen (secondary N) is 1. The second-order valence-corrected chi connectivity index (χ2v) is 10.2. The van der Waals surface area contributed by atoms with Gasteiger partial charge in [0, 0.05) is 14.8 Å². The SMILES string of the molecule is Cc1cccc(N2C(=O)/C(=C/c3ccc(Sc4ccc(Cl)cc4)s3)C(=O)NC2=S)c1C. The highest BCUT2D eigenvalue weighted by molar-refractivity contribution is 8.01. The van der Waals surface area contributed by atoms with Crippen molar-refractivity contribution >= 4 is 75.6 Å². The second-order valence-electron chi connectivity index (χ2n) is 6.89. The molecule has 0 saturated carbocycles. The highest BCUT2D eigenvalue weighted by Gasteiger charge is 2.35. The molecule has 156 valence electrons. The van der Waals surface area contributed by atoms with Crippen LogP contribution in [0.25, 0.3) is 6.08 Å². The van der Waals surface area contributed by atoms with Gasteiger partial charge in [-0.3, -0.25) is 19.8 Å². The number of carbonyl (C=O) groups is 2. The molecule has 4 rings (SSSR count). The summed E-state index contributed by atoms with van der Waals surface area (Å²) in [4.78, 5) is 29.0. The average molecular weight is 485 g/mol. The molecule has 1 aliphatic rings. The number of benzene rings is 2. The molecule has 4 nitrogen and oxygen atoms in total. The fourth-order valence-corrected chi connectivity index (χ4v) is 5.55. The number of thiocarbonyl (C=S) groups is 1. The van der Waals surface area contributed by atoms with Crippen molar-refractivity contribution in [1.82, 2.24) is 5.32 Å². The van der Waals surface area contributed by atoms with Gasteiger partial charge in [-0.05, 0) is 85.7 Å². The fraction of sp³-hybridized carbons (Fsp3) is 0.0870. The molecule has 3 aromatic rings. The van der Waals surface area contributed by atoms with E-state index in [2.05, 4.69) is 5.32 Å². The zero-order valence-corrected chi connectivity index (χ0v) is 19.8. The Hall–Kier alpha value is -2.45. The molecule has 0 atom stereocenters. The Morgan fingerprint density at radius 3 is 2.55 bits per heavy atom. The van der Waals surface area contributed by atoms with Gasteiger partial charge in [-0.2, -0.15) is 0 Å². The number of nitrogens with zero attached hydrogens (tertiary/aromatic N) is 1. The Morgan fingerprint density at radius 2 is 1.81 bits per heavy atom. The van der Waals surface area contributed by atoms with E-state index in [1.54, 1.807) is 17.8 Å². The van der Waals surface area contributed by atoms with E-state index in [9.17, 15) is 9.59 Å². The quantitative estimate of drug-likeness (QED) is 0.280. The number of halogens is 1. The Kier molecular flexibility index (Phi) is 6.29. The zero-order valence-electron chi connectivity index (χ0n) is 16.6. The van der Waals surface area contributed by atoms with Gasteiger partial charge in [-0.1, -0.05) is 35.5 Å². The Morgan fingerprint density at radius 1 is 1.06 bits per heavy atom. The number of carbonyl (C=O) groups excluding carboxylic acids is 2. The summed E-state index contributed by atoms with van der Waals surface area (Å²) in [5.41, 5.74) is 2.70. The van der Waals surface area contributed by atoms with Crippen LogP contribution in [0.4, 0.5) is 5.69 Å². The van der Waals surface area contributed by atoms with Gasteiger partial charge in [0.2, 0.25) is 0 Å². The van der Waals surface area contributed by atoms with Gasteiger partial charge in [0.25, 0.3) is 11.8 Å². The molecule has 0 unspecified atom stereocenters. The number of hydrogen-bond donors (Lipinski definition) is 1. The van der Waals surface area contributed by atoms with Crippen molar-refractivity contribution in [1.29, 1.82) is 0 Å². The number of aryl methyl sites for hydroxylation is 1. The maximum Gasteiger partial charge on any atom is 0.270 e. The van der Waals surface area contributed by atoms with Crippen LogP contribution in [-0.4, -0.2) is 16.9 Å². The van der Waals surface area contributed by atoms with Gasteiger partial charge in [-0.15, -0.1) is 11.3 Å². The summed E-state index contributed by atoms with van der Waals surface area (Å²) in [6.45, 7) is 3.90. The number of amides is 2. The maximum atomic E-state index is 13.2. The van der Waals surface area contributed by atoms with E-state index in [0.717, 1.165) is 25.1 Å². The van der Waals surface area contributed by atoms with Crippen molar-refractivity contribution in [3.05, 3.63) is 81.2 Å². The molecule has 0 aliphatic carbocycles. The first-order valence-corrected chi connectivity index (χ1v) is 11.8. The monoisotopic (exact) mass is 484 g/mol.